The predicted octanol–water partition coefficient (Wildman–Crippen LogP) is -0.0121. The maximum Gasteiger partial charge on any atom is 0.348 e. The van der Waals surface area contributed by atoms with Crippen molar-refractivity contribution in [3.8, 4) is 6.07 Å². The molecule has 1 fully saturated rings. The molecule has 1 atom stereocenters. The van der Waals surface area contributed by atoms with Crippen LogP contribution in [0.5, 0.6) is 0 Å². The minimum Gasteiger partial charge on any atom is -0.351 e. The Labute approximate surface area is 115 Å². The van der Waals surface area contributed by atoms with E-state index in [1.807, 2.05) is 0 Å². The lowest BCUT2D eigenvalue weighted by atomic mass is 10.1. The molecule has 0 radical (unpaired) electrons. The first-order chi connectivity index (χ1) is 9.69. The van der Waals surface area contributed by atoms with Crippen molar-refractivity contribution in [2.24, 2.45) is 0 Å². The van der Waals surface area contributed by atoms with Crippen molar-refractivity contribution in [3.05, 3.63) is 28.3 Å². The minimum absolute atomic E-state index is 0.229. The van der Waals surface area contributed by atoms with Crippen LogP contribution in [0.1, 0.15) is 12.5 Å². The van der Waals surface area contributed by atoms with E-state index in [0.717, 1.165) is 19.6 Å². The van der Waals surface area contributed by atoms with E-state index in [2.05, 4.69) is 38.2 Å². The number of hydrogen-bond donors (Lipinski definition) is 2. The predicted molar refractivity (Wildman–Crippen MR) is 74.6 cm³/mol. The highest BCUT2D eigenvalue weighted by Gasteiger charge is 2.22. The fourth-order valence-corrected chi connectivity index (χ4v) is 2.46. The van der Waals surface area contributed by atoms with Gasteiger partial charge in [0.05, 0.1) is 10.9 Å². The van der Waals surface area contributed by atoms with E-state index < -0.39 is 5.69 Å². The Kier molecular flexibility index (Phi) is 3.08. The van der Waals surface area contributed by atoms with Crippen LogP contribution in [0, 0.1) is 11.3 Å². The van der Waals surface area contributed by atoms with Crippen molar-refractivity contribution in [3.63, 3.8) is 0 Å². The van der Waals surface area contributed by atoms with Crippen molar-refractivity contribution in [2.75, 3.05) is 24.5 Å². The van der Waals surface area contributed by atoms with E-state index in [-0.39, 0.29) is 6.04 Å². The SMILES string of the molecule is CC1CNCCN1c1nc(=O)[nH]c2ncc(C#N)cc12. The Morgan fingerprint density at radius 2 is 2.40 bits per heavy atom. The highest BCUT2D eigenvalue weighted by atomic mass is 16.1. The molecule has 2 aromatic heterocycles. The average Bonchev–Trinajstić information content (AvgIpc) is 2.46. The van der Waals surface area contributed by atoms with Gasteiger partial charge in [0, 0.05) is 31.9 Å². The Bertz CT molecular complexity index is 747. The van der Waals surface area contributed by atoms with E-state index in [9.17, 15) is 4.79 Å². The first-order valence-corrected chi connectivity index (χ1v) is 6.46. The summed E-state index contributed by atoms with van der Waals surface area (Å²) < 4.78 is 0. The van der Waals surface area contributed by atoms with Crippen molar-refractivity contribution < 1.29 is 0 Å². The number of aromatic amines is 1. The largest absolute Gasteiger partial charge is 0.351 e. The smallest absolute Gasteiger partial charge is 0.348 e. The standard InChI is InChI=1S/C13H14N6O/c1-8-6-15-2-3-19(8)12-10-4-9(5-14)7-16-11(10)17-13(20)18-12/h4,7-8,15H,2-3,6H2,1H3,(H,16,17,18,20). The molecule has 0 spiro atoms. The second kappa shape index (κ2) is 4.90. The fraction of sp³-hybridized carbons (Fsp3) is 0.385. The third kappa shape index (κ3) is 2.10. The molecule has 1 aliphatic heterocycles. The summed E-state index contributed by atoms with van der Waals surface area (Å²) in [5.74, 6) is 0.599. The third-order valence-corrected chi connectivity index (χ3v) is 3.46. The highest BCUT2D eigenvalue weighted by molar-refractivity contribution is 5.87. The van der Waals surface area contributed by atoms with Gasteiger partial charge in [-0.05, 0) is 13.0 Å². The fourth-order valence-electron chi connectivity index (χ4n) is 2.46. The molecule has 3 rings (SSSR count). The van der Waals surface area contributed by atoms with Crippen LogP contribution in [0.2, 0.25) is 0 Å². The number of H-pyrrole nitrogens is 1. The molecule has 0 amide bonds. The van der Waals surface area contributed by atoms with Gasteiger partial charge in [0.1, 0.15) is 17.5 Å². The van der Waals surface area contributed by atoms with Crippen LogP contribution in [0.15, 0.2) is 17.1 Å². The number of anilines is 1. The maximum atomic E-state index is 11.7. The molecule has 1 aliphatic rings. The number of nitriles is 1. The van der Waals surface area contributed by atoms with Gasteiger partial charge in [-0.1, -0.05) is 0 Å². The number of pyridine rings is 1. The van der Waals surface area contributed by atoms with E-state index in [1.165, 1.54) is 6.20 Å². The molecular weight excluding hydrogens is 256 g/mol. The molecule has 20 heavy (non-hydrogen) atoms. The van der Waals surface area contributed by atoms with Crippen molar-refractivity contribution in [2.45, 2.75) is 13.0 Å². The van der Waals surface area contributed by atoms with Crippen LogP contribution in [0.25, 0.3) is 11.0 Å². The van der Waals surface area contributed by atoms with E-state index in [4.69, 9.17) is 5.26 Å². The second-order valence-corrected chi connectivity index (χ2v) is 4.84. The van der Waals surface area contributed by atoms with Crippen LogP contribution in [-0.2, 0) is 0 Å². The lowest BCUT2D eigenvalue weighted by molar-refractivity contribution is 0.498. The number of hydrogen-bond acceptors (Lipinski definition) is 6. The number of piperazine rings is 1. The molecule has 0 aromatic carbocycles. The molecule has 2 aromatic rings. The second-order valence-electron chi connectivity index (χ2n) is 4.84. The first-order valence-electron chi connectivity index (χ1n) is 6.46. The monoisotopic (exact) mass is 270 g/mol. The van der Waals surface area contributed by atoms with E-state index in [0.29, 0.717) is 22.4 Å². The molecule has 1 saturated heterocycles. The van der Waals surface area contributed by atoms with Crippen LogP contribution in [0.4, 0.5) is 5.82 Å². The van der Waals surface area contributed by atoms with E-state index in [1.54, 1.807) is 6.07 Å². The molecule has 0 aliphatic carbocycles. The Balaban J connectivity index is 2.22. The molecule has 0 saturated carbocycles. The van der Waals surface area contributed by atoms with Crippen molar-refractivity contribution >= 4 is 16.9 Å². The van der Waals surface area contributed by atoms with Crippen LogP contribution >= 0.6 is 0 Å². The van der Waals surface area contributed by atoms with Gasteiger partial charge in [0.2, 0.25) is 0 Å². The number of nitrogens with zero attached hydrogens (tertiary/aromatic N) is 4. The molecule has 7 nitrogen and oxygen atoms in total. The summed E-state index contributed by atoms with van der Waals surface area (Å²) >= 11 is 0. The minimum atomic E-state index is -0.421. The quantitative estimate of drug-likeness (QED) is 0.756. The zero-order valence-corrected chi connectivity index (χ0v) is 11.1. The number of nitrogens with one attached hydrogen (secondary N) is 2. The van der Waals surface area contributed by atoms with E-state index >= 15 is 0 Å². The molecule has 102 valence electrons. The first kappa shape index (κ1) is 12.6. The van der Waals surface area contributed by atoms with Crippen LogP contribution in [-0.4, -0.2) is 40.6 Å². The molecule has 7 heteroatoms. The molecule has 1 unspecified atom stereocenters. The van der Waals surface area contributed by atoms with Crippen LogP contribution in [0.3, 0.4) is 0 Å². The van der Waals surface area contributed by atoms with Crippen molar-refractivity contribution in [1.82, 2.24) is 20.3 Å². The third-order valence-electron chi connectivity index (χ3n) is 3.46. The summed E-state index contributed by atoms with van der Waals surface area (Å²) in [6.07, 6.45) is 1.45. The summed E-state index contributed by atoms with van der Waals surface area (Å²) in [4.78, 5) is 24.6. The van der Waals surface area contributed by atoms with Gasteiger partial charge < -0.3 is 10.2 Å². The maximum absolute atomic E-state index is 11.7. The van der Waals surface area contributed by atoms with Gasteiger partial charge in [-0.15, -0.1) is 0 Å². The van der Waals surface area contributed by atoms with Gasteiger partial charge >= 0.3 is 5.69 Å². The summed E-state index contributed by atoms with van der Waals surface area (Å²) in [6.45, 7) is 4.51. The Hall–Kier alpha value is -2.46. The zero-order chi connectivity index (χ0) is 14.1. The molecular formula is C13H14N6O. The molecule has 2 N–H and O–H groups in total. The molecule has 0 bridgehead atoms. The van der Waals surface area contributed by atoms with Crippen LogP contribution < -0.4 is 15.9 Å². The van der Waals surface area contributed by atoms with Gasteiger partial charge in [-0.25, -0.2) is 9.78 Å². The summed E-state index contributed by atoms with van der Waals surface area (Å²) in [7, 11) is 0. The van der Waals surface area contributed by atoms with Gasteiger partial charge in [0.15, 0.2) is 0 Å². The zero-order valence-electron chi connectivity index (χ0n) is 11.1. The summed E-state index contributed by atoms with van der Waals surface area (Å²) in [5, 5.41) is 13.0. The lowest BCUT2D eigenvalue weighted by Gasteiger charge is -2.35. The molecule has 3 heterocycles. The number of rotatable bonds is 1. The summed E-state index contributed by atoms with van der Waals surface area (Å²) in [5.41, 5.74) is 0.496. The normalized spacial score (nSPS) is 19.0. The lowest BCUT2D eigenvalue weighted by Crippen LogP contribution is -2.50. The summed E-state index contributed by atoms with van der Waals surface area (Å²) in [6, 6.07) is 4.01. The average molecular weight is 270 g/mol. The highest BCUT2D eigenvalue weighted by Crippen LogP contribution is 2.23. The van der Waals surface area contributed by atoms with Crippen molar-refractivity contribution in [1.29, 1.82) is 5.26 Å². The Morgan fingerprint density at radius 1 is 1.55 bits per heavy atom. The number of fused-ring (bicyclic) bond motifs is 1. The Morgan fingerprint density at radius 3 is 3.15 bits per heavy atom. The van der Waals surface area contributed by atoms with Gasteiger partial charge in [0.25, 0.3) is 0 Å². The number of aromatic nitrogens is 3. The van der Waals surface area contributed by atoms with Gasteiger partial charge in [-0.2, -0.15) is 10.2 Å². The topological polar surface area (TPSA) is 97.7 Å². The van der Waals surface area contributed by atoms with Gasteiger partial charge in [-0.3, -0.25) is 4.98 Å².